The average molecular weight is 385 g/mol. The van der Waals surface area contributed by atoms with E-state index in [9.17, 15) is 9.90 Å². The topological polar surface area (TPSA) is 77.4 Å². The van der Waals surface area contributed by atoms with Crippen molar-refractivity contribution in [3.05, 3.63) is 65.7 Å². The van der Waals surface area contributed by atoms with Crippen LogP contribution in [0.2, 0.25) is 0 Å². The fraction of sp³-hybridized carbons (Fsp3) is 0.364. The standard InChI is InChI=1S/C22H27NO5/c1-16(2)28-21(22(24)25)13-18-9-11-20(12-10-18)26-14-17(3)23-27-15-19-7-5-4-6-8-19/h4-12,16,21H,13-15H2,1-3H3,(H,24,25)/b23-17+. The molecule has 0 radical (unpaired) electrons. The van der Waals surface area contributed by atoms with Crippen LogP contribution in [0.5, 0.6) is 5.75 Å². The summed E-state index contributed by atoms with van der Waals surface area (Å²) in [7, 11) is 0. The molecule has 0 saturated carbocycles. The summed E-state index contributed by atoms with van der Waals surface area (Å²) in [6, 6.07) is 17.1. The summed E-state index contributed by atoms with van der Waals surface area (Å²) < 4.78 is 11.1. The predicted molar refractivity (Wildman–Crippen MR) is 108 cm³/mol. The van der Waals surface area contributed by atoms with E-state index in [0.717, 1.165) is 16.8 Å². The van der Waals surface area contributed by atoms with E-state index in [-0.39, 0.29) is 6.10 Å². The van der Waals surface area contributed by atoms with Gasteiger partial charge < -0.3 is 19.4 Å². The Hall–Kier alpha value is -2.86. The molecule has 1 atom stereocenters. The fourth-order valence-corrected chi connectivity index (χ4v) is 2.46. The minimum atomic E-state index is -0.962. The van der Waals surface area contributed by atoms with Crippen molar-refractivity contribution < 1.29 is 24.2 Å². The Bertz CT molecular complexity index is 756. The Morgan fingerprint density at radius 1 is 1.04 bits per heavy atom. The number of oxime groups is 1. The zero-order valence-corrected chi connectivity index (χ0v) is 16.5. The number of carbonyl (C=O) groups is 1. The van der Waals surface area contributed by atoms with Crippen LogP contribution in [0.3, 0.4) is 0 Å². The molecule has 1 N–H and O–H groups in total. The molecule has 2 aromatic carbocycles. The van der Waals surface area contributed by atoms with Crippen molar-refractivity contribution in [3.63, 3.8) is 0 Å². The number of hydrogen-bond donors (Lipinski definition) is 1. The number of carboxylic acid groups (broad SMARTS) is 1. The van der Waals surface area contributed by atoms with Crippen molar-refractivity contribution >= 4 is 11.7 Å². The van der Waals surface area contributed by atoms with Gasteiger partial charge in [0.05, 0.1) is 11.8 Å². The third-order valence-corrected chi connectivity index (χ3v) is 3.80. The van der Waals surface area contributed by atoms with Crippen LogP contribution in [0.1, 0.15) is 31.9 Å². The number of benzene rings is 2. The van der Waals surface area contributed by atoms with Crippen LogP contribution in [0.4, 0.5) is 0 Å². The van der Waals surface area contributed by atoms with Crippen LogP contribution in [0.15, 0.2) is 59.8 Å². The monoisotopic (exact) mass is 385 g/mol. The maximum Gasteiger partial charge on any atom is 0.333 e. The minimum absolute atomic E-state index is 0.143. The van der Waals surface area contributed by atoms with E-state index in [0.29, 0.717) is 25.4 Å². The number of ether oxygens (including phenoxy) is 2. The molecule has 0 aliphatic heterocycles. The van der Waals surface area contributed by atoms with Gasteiger partial charge in [0.2, 0.25) is 0 Å². The lowest BCUT2D eigenvalue weighted by atomic mass is 10.1. The van der Waals surface area contributed by atoms with E-state index in [2.05, 4.69) is 5.16 Å². The Balaban J connectivity index is 1.79. The molecule has 150 valence electrons. The van der Waals surface area contributed by atoms with Crippen molar-refractivity contribution in [2.45, 2.75) is 46.0 Å². The van der Waals surface area contributed by atoms with Crippen LogP contribution >= 0.6 is 0 Å². The highest BCUT2D eigenvalue weighted by Gasteiger charge is 2.20. The molecular formula is C22H27NO5. The van der Waals surface area contributed by atoms with Crippen molar-refractivity contribution in [1.82, 2.24) is 0 Å². The first-order chi connectivity index (χ1) is 13.4. The summed E-state index contributed by atoms with van der Waals surface area (Å²) in [5.41, 5.74) is 2.64. The van der Waals surface area contributed by atoms with Crippen molar-refractivity contribution in [3.8, 4) is 5.75 Å². The van der Waals surface area contributed by atoms with E-state index in [4.69, 9.17) is 14.3 Å². The fourth-order valence-electron chi connectivity index (χ4n) is 2.46. The second-order valence-electron chi connectivity index (χ2n) is 6.73. The van der Waals surface area contributed by atoms with Crippen molar-refractivity contribution in [1.29, 1.82) is 0 Å². The maximum absolute atomic E-state index is 11.3. The Kier molecular flexibility index (Phi) is 8.49. The number of rotatable bonds is 11. The van der Waals surface area contributed by atoms with Crippen LogP contribution in [0, 0.1) is 0 Å². The summed E-state index contributed by atoms with van der Waals surface area (Å²) >= 11 is 0. The Labute approximate surface area is 165 Å². The molecule has 6 nitrogen and oxygen atoms in total. The van der Waals surface area contributed by atoms with Gasteiger partial charge in [-0.05, 0) is 44.0 Å². The summed E-state index contributed by atoms with van der Waals surface area (Å²) in [4.78, 5) is 16.6. The predicted octanol–water partition coefficient (Wildman–Crippen LogP) is 4.08. The van der Waals surface area contributed by atoms with Gasteiger partial charge >= 0.3 is 5.97 Å². The van der Waals surface area contributed by atoms with E-state index < -0.39 is 12.1 Å². The van der Waals surface area contributed by atoms with Crippen LogP contribution in [-0.2, 0) is 27.4 Å². The van der Waals surface area contributed by atoms with Crippen LogP contribution < -0.4 is 4.74 Å². The normalized spacial score (nSPS) is 12.6. The molecule has 0 heterocycles. The van der Waals surface area contributed by atoms with E-state index in [1.54, 1.807) is 0 Å². The van der Waals surface area contributed by atoms with E-state index >= 15 is 0 Å². The van der Waals surface area contributed by atoms with Crippen LogP contribution in [-0.4, -0.2) is 35.6 Å². The molecule has 0 saturated heterocycles. The SMILES string of the molecule is C/C(COc1ccc(CC(OC(C)C)C(=O)O)cc1)=N\OCc1ccccc1. The van der Waals surface area contributed by atoms with Gasteiger partial charge in [-0.2, -0.15) is 0 Å². The smallest absolute Gasteiger partial charge is 0.333 e. The number of nitrogens with zero attached hydrogens (tertiary/aromatic N) is 1. The van der Waals surface area contributed by atoms with Gasteiger partial charge in [-0.25, -0.2) is 4.79 Å². The molecule has 0 fully saturated rings. The molecule has 0 amide bonds. The first-order valence-electron chi connectivity index (χ1n) is 9.23. The molecular weight excluding hydrogens is 358 g/mol. The third kappa shape index (κ3) is 7.80. The Morgan fingerprint density at radius 3 is 2.32 bits per heavy atom. The van der Waals surface area contributed by atoms with Gasteiger partial charge in [-0.15, -0.1) is 0 Å². The summed E-state index contributed by atoms with van der Waals surface area (Å²) in [5, 5.41) is 13.3. The van der Waals surface area contributed by atoms with Gasteiger partial charge in [0.25, 0.3) is 0 Å². The molecule has 2 aromatic rings. The first kappa shape index (κ1) is 21.4. The largest absolute Gasteiger partial charge is 0.488 e. The summed E-state index contributed by atoms with van der Waals surface area (Å²) in [6.07, 6.45) is -0.695. The molecule has 28 heavy (non-hydrogen) atoms. The zero-order valence-electron chi connectivity index (χ0n) is 16.5. The number of hydrogen-bond acceptors (Lipinski definition) is 5. The molecule has 1 unspecified atom stereocenters. The first-order valence-corrected chi connectivity index (χ1v) is 9.23. The highest BCUT2D eigenvalue weighted by atomic mass is 16.6. The van der Waals surface area contributed by atoms with Crippen molar-refractivity contribution in [2.75, 3.05) is 6.61 Å². The average Bonchev–Trinajstić information content (AvgIpc) is 2.67. The lowest BCUT2D eigenvalue weighted by Gasteiger charge is -2.16. The molecule has 0 aromatic heterocycles. The molecule has 2 rings (SSSR count). The summed E-state index contributed by atoms with van der Waals surface area (Å²) in [6.45, 7) is 6.19. The molecule has 6 heteroatoms. The highest BCUT2D eigenvalue weighted by molar-refractivity contribution is 5.82. The molecule has 0 spiro atoms. The van der Waals surface area contributed by atoms with Gasteiger partial charge in [-0.1, -0.05) is 47.6 Å². The van der Waals surface area contributed by atoms with E-state index in [1.165, 1.54) is 0 Å². The zero-order chi connectivity index (χ0) is 20.4. The lowest BCUT2D eigenvalue weighted by Crippen LogP contribution is -2.29. The maximum atomic E-state index is 11.3. The molecule has 0 aliphatic carbocycles. The van der Waals surface area contributed by atoms with Gasteiger partial charge in [0.1, 0.15) is 19.0 Å². The van der Waals surface area contributed by atoms with Crippen LogP contribution in [0.25, 0.3) is 0 Å². The van der Waals surface area contributed by atoms with E-state index in [1.807, 2.05) is 75.4 Å². The van der Waals surface area contributed by atoms with Crippen molar-refractivity contribution in [2.24, 2.45) is 5.16 Å². The van der Waals surface area contributed by atoms with Gasteiger partial charge in [0.15, 0.2) is 6.10 Å². The highest BCUT2D eigenvalue weighted by Crippen LogP contribution is 2.15. The second kappa shape index (κ2) is 11.1. The summed E-state index contributed by atoms with van der Waals surface area (Å²) in [5.74, 6) is -0.283. The number of carboxylic acids is 1. The Morgan fingerprint density at radius 2 is 1.71 bits per heavy atom. The molecule has 0 bridgehead atoms. The third-order valence-electron chi connectivity index (χ3n) is 3.80. The van der Waals surface area contributed by atoms with Gasteiger partial charge in [-0.3, -0.25) is 0 Å². The number of aliphatic carboxylic acids is 1. The quantitative estimate of drug-likeness (QED) is 0.466. The second-order valence-corrected chi connectivity index (χ2v) is 6.73. The molecule has 0 aliphatic rings. The van der Waals surface area contributed by atoms with Gasteiger partial charge in [0, 0.05) is 6.42 Å². The minimum Gasteiger partial charge on any atom is -0.488 e. The lowest BCUT2D eigenvalue weighted by molar-refractivity contribution is -0.153.